The van der Waals surface area contributed by atoms with E-state index in [0.717, 1.165) is 19.5 Å². The highest BCUT2D eigenvalue weighted by Crippen LogP contribution is 2.35. The lowest BCUT2D eigenvalue weighted by atomic mass is 10.1. The van der Waals surface area contributed by atoms with Crippen LogP contribution in [-0.2, 0) is 4.79 Å². The third-order valence-corrected chi connectivity index (χ3v) is 5.34. The predicted molar refractivity (Wildman–Crippen MR) is 120 cm³/mol. The van der Waals surface area contributed by atoms with Crippen LogP contribution < -0.4 is 15.4 Å². The van der Waals surface area contributed by atoms with Crippen molar-refractivity contribution in [2.75, 3.05) is 30.8 Å². The molecule has 1 unspecified atom stereocenters. The zero-order valence-corrected chi connectivity index (χ0v) is 17.9. The average Bonchev–Trinajstić information content (AvgIpc) is 3.16. The summed E-state index contributed by atoms with van der Waals surface area (Å²) in [5, 5.41) is 6.04. The summed E-state index contributed by atoms with van der Waals surface area (Å²) in [6, 6.07) is 7.43. The molecule has 1 aromatic heterocycles. The van der Waals surface area contributed by atoms with Crippen molar-refractivity contribution in [2.45, 2.75) is 12.5 Å². The number of likely N-dealkylation sites (tertiary alicyclic amines) is 1. The largest absolute Gasteiger partial charge is 0.487 e. The van der Waals surface area contributed by atoms with E-state index in [1.165, 1.54) is 24.5 Å². The number of hydrogen-bond acceptors (Lipinski definition) is 6. The minimum absolute atomic E-state index is 0.0417. The van der Waals surface area contributed by atoms with Crippen LogP contribution in [0.15, 0.2) is 49.1 Å². The number of rotatable bonds is 6. The number of halogens is 3. The molecule has 2 N–H and O–H groups in total. The maximum atomic E-state index is 13.5. The van der Waals surface area contributed by atoms with Crippen molar-refractivity contribution in [3.63, 3.8) is 0 Å². The SMILES string of the molecule is C=C(F)C(=O)Nc1cc2c(Nc3ccc(F)c(Cl)c3)ncnc2cc1OC1CCN(C)C1. The number of benzene rings is 2. The number of amides is 1. The smallest absolute Gasteiger partial charge is 0.283 e. The van der Waals surface area contributed by atoms with Gasteiger partial charge in [-0.05, 0) is 37.7 Å². The molecule has 0 radical (unpaired) electrons. The summed E-state index contributed by atoms with van der Waals surface area (Å²) in [7, 11) is 1.99. The van der Waals surface area contributed by atoms with Gasteiger partial charge in [0.25, 0.3) is 5.91 Å². The van der Waals surface area contributed by atoms with Crippen LogP contribution in [0.5, 0.6) is 5.75 Å². The zero-order chi connectivity index (χ0) is 22.8. The lowest BCUT2D eigenvalue weighted by Crippen LogP contribution is -2.22. The normalized spacial score (nSPS) is 16.2. The number of hydrogen-bond donors (Lipinski definition) is 2. The molecule has 1 amide bonds. The van der Waals surface area contributed by atoms with Gasteiger partial charge in [0.2, 0.25) is 0 Å². The van der Waals surface area contributed by atoms with Crippen LogP contribution in [0.1, 0.15) is 6.42 Å². The summed E-state index contributed by atoms with van der Waals surface area (Å²) in [5.41, 5.74) is 1.30. The Bertz CT molecular complexity index is 1210. The molecule has 3 aromatic rings. The maximum absolute atomic E-state index is 13.5. The molecular weight excluding hydrogens is 440 g/mol. The molecule has 1 atom stereocenters. The Morgan fingerprint density at radius 2 is 2.12 bits per heavy atom. The monoisotopic (exact) mass is 459 g/mol. The Kier molecular flexibility index (Phi) is 6.20. The molecular formula is C22H20ClF2N5O2. The molecule has 2 heterocycles. The summed E-state index contributed by atoms with van der Waals surface area (Å²) in [6.07, 6.45) is 2.10. The molecule has 1 saturated heterocycles. The van der Waals surface area contributed by atoms with Crippen LogP contribution in [0.25, 0.3) is 10.9 Å². The maximum Gasteiger partial charge on any atom is 0.283 e. The molecule has 0 saturated carbocycles. The second-order valence-electron chi connectivity index (χ2n) is 7.49. The van der Waals surface area contributed by atoms with Crippen molar-refractivity contribution in [1.82, 2.24) is 14.9 Å². The fourth-order valence-electron chi connectivity index (χ4n) is 3.45. The van der Waals surface area contributed by atoms with Gasteiger partial charge in [-0.3, -0.25) is 4.79 Å². The van der Waals surface area contributed by atoms with E-state index in [1.54, 1.807) is 12.1 Å². The molecule has 7 nitrogen and oxygen atoms in total. The number of nitrogens with one attached hydrogen (secondary N) is 2. The number of fused-ring (bicyclic) bond motifs is 1. The molecule has 32 heavy (non-hydrogen) atoms. The van der Waals surface area contributed by atoms with Crippen LogP contribution in [-0.4, -0.2) is 47.0 Å². The molecule has 1 fully saturated rings. The fourth-order valence-corrected chi connectivity index (χ4v) is 3.63. The minimum Gasteiger partial charge on any atom is -0.487 e. The molecule has 4 rings (SSSR count). The Morgan fingerprint density at radius 1 is 1.31 bits per heavy atom. The van der Waals surface area contributed by atoms with Gasteiger partial charge in [-0.2, -0.15) is 0 Å². The van der Waals surface area contributed by atoms with Crippen molar-refractivity contribution in [2.24, 2.45) is 0 Å². The summed E-state index contributed by atoms with van der Waals surface area (Å²) in [5.74, 6) is -1.89. The van der Waals surface area contributed by atoms with E-state index in [-0.39, 0.29) is 16.8 Å². The van der Waals surface area contributed by atoms with E-state index in [2.05, 4.69) is 32.1 Å². The number of aromatic nitrogens is 2. The van der Waals surface area contributed by atoms with Gasteiger partial charge < -0.3 is 20.3 Å². The number of likely N-dealkylation sites (N-methyl/N-ethyl adjacent to an activating group) is 1. The lowest BCUT2D eigenvalue weighted by Gasteiger charge is -2.18. The van der Waals surface area contributed by atoms with Crippen LogP contribution in [0, 0.1) is 5.82 Å². The summed E-state index contributed by atoms with van der Waals surface area (Å²) >= 11 is 5.86. The molecule has 10 heteroatoms. The van der Waals surface area contributed by atoms with E-state index in [1.807, 2.05) is 7.05 Å². The molecule has 166 valence electrons. The number of nitrogens with zero attached hydrogens (tertiary/aromatic N) is 3. The fraction of sp³-hybridized carbons (Fsp3) is 0.227. The number of anilines is 3. The second kappa shape index (κ2) is 9.05. The molecule has 1 aliphatic rings. The van der Waals surface area contributed by atoms with E-state index >= 15 is 0 Å². The standard InChI is InChI=1S/C22H20ClF2N5O2/c1-12(24)22(31)29-19-8-15-18(9-20(19)32-14-5-6-30(2)10-14)26-11-27-21(15)28-13-3-4-17(25)16(23)7-13/h3-4,7-9,11,14H,1,5-6,10H2,2H3,(H,29,31)(H,26,27,28). The zero-order valence-electron chi connectivity index (χ0n) is 17.2. The Morgan fingerprint density at radius 3 is 2.81 bits per heavy atom. The van der Waals surface area contributed by atoms with Gasteiger partial charge in [0, 0.05) is 30.2 Å². The van der Waals surface area contributed by atoms with Crippen molar-refractivity contribution >= 4 is 45.6 Å². The van der Waals surface area contributed by atoms with E-state index in [4.69, 9.17) is 16.3 Å². The first-order chi connectivity index (χ1) is 15.3. The number of ether oxygens (including phenoxy) is 1. The molecule has 0 bridgehead atoms. The first-order valence-electron chi connectivity index (χ1n) is 9.82. The van der Waals surface area contributed by atoms with Gasteiger partial charge in [-0.25, -0.2) is 18.7 Å². The quantitative estimate of drug-likeness (QED) is 0.521. The highest BCUT2D eigenvalue weighted by Gasteiger charge is 2.23. The number of carbonyl (C=O) groups excluding carboxylic acids is 1. The lowest BCUT2D eigenvalue weighted by molar-refractivity contribution is -0.114. The highest BCUT2D eigenvalue weighted by molar-refractivity contribution is 6.31. The van der Waals surface area contributed by atoms with Gasteiger partial charge in [0.1, 0.15) is 29.8 Å². The van der Waals surface area contributed by atoms with Gasteiger partial charge in [-0.15, -0.1) is 0 Å². The van der Waals surface area contributed by atoms with E-state index in [0.29, 0.717) is 28.2 Å². The molecule has 1 aliphatic heterocycles. The van der Waals surface area contributed by atoms with Gasteiger partial charge in [-0.1, -0.05) is 18.2 Å². The average molecular weight is 460 g/mol. The minimum atomic E-state index is -1.12. The van der Waals surface area contributed by atoms with E-state index < -0.39 is 17.6 Å². The van der Waals surface area contributed by atoms with Crippen molar-refractivity contribution in [3.05, 3.63) is 59.9 Å². The summed E-state index contributed by atoms with van der Waals surface area (Å²) in [4.78, 5) is 22.6. The second-order valence-corrected chi connectivity index (χ2v) is 7.90. The molecule has 0 spiro atoms. The highest BCUT2D eigenvalue weighted by atomic mass is 35.5. The third-order valence-electron chi connectivity index (χ3n) is 5.06. The van der Waals surface area contributed by atoms with Crippen molar-refractivity contribution < 1.29 is 18.3 Å². The van der Waals surface area contributed by atoms with Crippen LogP contribution in [0.3, 0.4) is 0 Å². The Labute approximate surface area is 188 Å². The first-order valence-corrected chi connectivity index (χ1v) is 10.2. The number of carbonyl (C=O) groups is 1. The van der Waals surface area contributed by atoms with Gasteiger partial charge in [0.05, 0.1) is 16.2 Å². The van der Waals surface area contributed by atoms with Gasteiger partial charge >= 0.3 is 0 Å². The Balaban J connectivity index is 1.74. The van der Waals surface area contributed by atoms with Crippen LogP contribution in [0.4, 0.5) is 26.0 Å². The van der Waals surface area contributed by atoms with Crippen molar-refractivity contribution in [1.29, 1.82) is 0 Å². The topological polar surface area (TPSA) is 79.4 Å². The Hall–Kier alpha value is -3.30. The van der Waals surface area contributed by atoms with Crippen LogP contribution in [0.2, 0.25) is 5.02 Å². The van der Waals surface area contributed by atoms with E-state index in [9.17, 15) is 13.6 Å². The molecule has 0 aliphatic carbocycles. The summed E-state index contributed by atoms with van der Waals surface area (Å²) in [6.45, 7) is 4.65. The van der Waals surface area contributed by atoms with Crippen LogP contribution >= 0.6 is 11.6 Å². The predicted octanol–water partition coefficient (Wildman–Crippen LogP) is 4.67. The molecule has 2 aromatic carbocycles. The van der Waals surface area contributed by atoms with Gasteiger partial charge in [0.15, 0.2) is 5.83 Å². The third kappa shape index (κ3) is 4.79. The van der Waals surface area contributed by atoms with Crippen molar-refractivity contribution in [3.8, 4) is 5.75 Å². The summed E-state index contributed by atoms with van der Waals surface area (Å²) < 4.78 is 33.0. The first kappa shape index (κ1) is 21.9.